The molecule has 0 aromatic heterocycles. The molecule has 1 fully saturated rings. The number of hydrogen-bond donors (Lipinski definition) is 1. The summed E-state index contributed by atoms with van der Waals surface area (Å²) in [7, 11) is 0. The number of halogens is 1. The Morgan fingerprint density at radius 3 is 2.67 bits per heavy atom. The van der Waals surface area contributed by atoms with Crippen LogP contribution in [0.3, 0.4) is 0 Å². The SMILES string of the molecule is Cc1cc2c(cc1Cl)C(=O)CC1(CCN(C(=O)C3=NNC(=O)CC3)CC1)O2. The summed E-state index contributed by atoms with van der Waals surface area (Å²) in [6.07, 6.45) is 2.07. The van der Waals surface area contributed by atoms with Crippen molar-refractivity contribution in [3.05, 3.63) is 28.3 Å². The minimum atomic E-state index is -0.580. The molecule has 0 saturated carbocycles. The van der Waals surface area contributed by atoms with E-state index in [0.29, 0.717) is 60.8 Å². The van der Waals surface area contributed by atoms with Crippen LogP contribution in [0.25, 0.3) is 0 Å². The molecule has 0 aliphatic carbocycles. The zero-order chi connectivity index (χ0) is 19.2. The van der Waals surface area contributed by atoms with Crippen molar-refractivity contribution in [1.29, 1.82) is 0 Å². The minimum Gasteiger partial charge on any atom is -0.486 e. The lowest BCUT2D eigenvalue weighted by atomic mass is 9.82. The fraction of sp³-hybridized carbons (Fsp3) is 0.474. The summed E-state index contributed by atoms with van der Waals surface area (Å²) in [5.74, 6) is 0.270. The van der Waals surface area contributed by atoms with Crippen molar-refractivity contribution in [1.82, 2.24) is 10.3 Å². The monoisotopic (exact) mass is 389 g/mol. The van der Waals surface area contributed by atoms with Gasteiger partial charge in [-0.15, -0.1) is 0 Å². The Bertz CT molecular complexity index is 872. The number of rotatable bonds is 1. The Hall–Kier alpha value is -2.41. The summed E-state index contributed by atoms with van der Waals surface area (Å²) >= 11 is 6.14. The van der Waals surface area contributed by atoms with Crippen LogP contribution in [0.15, 0.2) is 17.2 Å². The molecule has 3 aliphatic heterocycles. The molecule has 4 rings (SSSR count). The van der Waals surface area contributed by atoms with Gasteiger partial charge in [0.05, 0.1) is 12.0 Å². The molecule has 2 amide bonds. The predicted molar refractivity (Wildman–Crippen MR) is 99.1 cm³/mol. The fourth-order valence-corrected chi connectivity index (χ4v) is 3.99. The van der Waals surface area contributed by atoms with Gasteiger partial charge in [-0.1, -0.05) is 11.6 Å². The van der Waals surface area contributed by atoms with E-state index in [4.69, 9.17) is 16.3 Å². The van der Waals surface area contributed by atoms with Gasteiger partial charge in [-0.3, -0.25) is 14.4 Å². The molecule has 7 nitrogen and oxygen atoms in total. The number of amides is 2. The molecule has 0 radical (unpaired) electrons. The van der Waals surface area contributed by atoms with E-state index in [1.807, 2.05) is 13.0 Å². The normalized spacial score (nSPS) is 21.3. The van der Waals surface area contributed by atoms with Crippen molar-refractivity contribution < 1.29 is 19.1 Å². The van der Waals surface area contributed by atoms with E-state index in [-0.39, 0.29) is 24.0 Å². The van der Waals surface area contributed by atoms with Crippen LogP contribution in [0.1, 0.15) is 48.0 Å². The first kappa shape index (κ1) is 18.0. The number of hydrazone groups is 1. The van der Waals surface area contributed by atoms with Crippen molar-refractivity contribution in [2.75, 3.05) is 13.1 Å². The molecule has 3 heterocycles. The molecule has 1 aromatic carbocycles. The van der Waals surface area contributed by atoms with Gasteiger partial charge >= 0.3 is 0 Å². The molecular weight excluding hydrogens is 370 g/mol. The van der Waals surface area contributed by atoms with E-state index in [1.54, 1.807) is 11.0 Å². The first-order chi connectivity index (χ1) is 12.9. The standard InChI is InChI=1S/C19H20ClN3O4/c1-11-8-16-12(9-13(11)20)15(24)10-19(27-16)4-6-23(7-5-19)18(26)14-2-3-17(25)22-21-14/h8-9H,2-7,10H2,1H3,(H,22,25). The maximum Gasteiger partial charge on any atom is 0.270 e. The molecule has 0 atom stereocenters. The number of likely N-dealkylation sites (tertiary alicyclic amines) is 1. The molecule has 27 heavy (non-hydrogen) atoms. The van der Waals surface area contributed by atoms with Crippen LogP contribution in [0.2, 0.25) is 5.02 Å². The quantitative estimate of drug-likeness (QED) is 0.797. The molecule has 1 saturated heterocycles. The van der Waals surface area contributed by atoms with Crippen LogP contribution >= 0.6 is 11.6 Å². The molecule has 8 heteroatoms. The zero-order valence-corrected chi connectivity index (χ0v) is 15.8. The van der Waals surface area contributed by atoms with E-state index in [2.05, 4.69) is 10.5 Å². The number of hydrogen-bond acceptors (Lipinski definition) is 5. The number of ether oxygens (including phenoxy) is 1. The lowest BCUT2D eigenvalue weighted by molar-refractivity contribution is -0.127. The van der Waals surface area contributed by atoms with Gasteiger partial charge in [0.15, 0.2) is 5.78 Å². The highest BCUT2D eigenvalue weighted by Gasteiger charge is 2.44. The largest absolute Gasteiger partial charge is 0.486 e. The zero-order valence-electron chi connectivity index (χ0n) is 15.0. The summed E-state index contributed by atoms with van der Waals surface area (Å²) in [5.41, 5.74) is 3.55. The summed E-state index contributed by atoms with van der Waals surface area (Å²) in [5, 5.41) is 4.44. The second-order valence-electron chi connectivity index (χ2n) is 7.37. The van der Waals surface area contributed by atoms with E-state index in [1.165, 1.54) is 0 Å². The third-order valence-electron chi connectivity index (χ3n) is 5.48. The van der Waals surface area contributed by atoms with Gasteiger partial charge in [-0.25, -0.2) is 5.43 Å². The number of carbonyl (C=O) groups is 3. The average Bonchev–Trinajstić information content (AvgIpc) is 2.64. The van der Waals surface area contributed by atoms with E-state index in [0.717, 1.165) is 5.56 Å². The van der Waals surface area contributed by atoms with Crippen molar-refractivity contribution in [2.24, 2.45) is 5.10 Å². The molecule has 1 spiro atoms. The van der Waals surface area contributed by atoms with Gasteiger partial charge in [0, 0.05) is 43.8 Å². The van der Waals surface area contributed by atoms with Crippen LogP contribution < -0.4 is 10.2 Å². The maximum atomic E-state index is 12.6. The van der Waals surface area contributed by atoms with Crippen molar-refractivity contribution in [2.45, 2.75) is 44.6 Å². The predicted octanol–water partition coefficient (Wildman–Crippen LogP) is 2.24. The molecule has 3 aliphatic rings. The second-order valence-corrected chi connectivity index (χ2v) is 7.78. The number of aryl methyl sites for hydroxylation is 1. The van der Waals surface area contributed by atoms with Crippen LogP contribution in [-0.2, 0) is 9.59 Å². The van der Waals surface area contributed by atoms with Crippen LogP contribution in [0, 0.1) is 6.92 Å². The summed E-state index contributed by atoms with van der Waals surface area (Å²) in [6.45, 7) is 2.85. The maximum absolute atomic E-state index is 12.6. The van der Waals surface area contributed by atoms with Gasteiger partial charge in [0.1, 0.15) is 17.1 Å². The fourth-order valence-electron chi connectivity index (χ4n) is 3.82. The third kappa shape index (κ3) is 3.32. The smallest absolute Gasteiger partial charge is 0.270 e. The van der Waals surface area contributed by atoms with E-state index in [9.17, 15) is 14.4 Å². The summed E-state index contributed by atoms with van der Waals surface area (Å²) < 4.78 is 6.25. The minimum absolute atomic E-state index is 0.0253. The number of ketones is 1. The highest BCUT2D eigenvalue weighted by Crippen LogP contribution is 2.41. The van der Waals surface area contributed by atoms with Gasteiger partial charge in [0.25, 0.3) is 5.91 Å². The van der Waals surface area contributed by atoms with Crippen molar-refractivity contribution in [3.8, 4) is 5.75 Å². The number of nitrogens with zero attached hydrogens (tertiary/aromatic N) is 2. The lowest BCUT2D eigenvalue weighted by Gasteiger charge is -2.44. The van der Waals surface area contributed by atoms with Gasteiger partial charge in [-0.2, -0.15) is 5.10 Å². The van der Waals surface area contributed by atoms with Crippen LogP contribution in [-0.4, -0.2) is 46.9 Å². The van der Waals surface area contributed by atoms with Gasteiger partial charge in [0.2, 0.25) is 5.91 Å². The summed E-state index contributed by atoms with van der Waals surface area (Å²) in [6, 6.07) is 3.49. The molecule has 0 unspecified atom stereocenters. The van der Waals surface area contributed by atoms with Gasteiger partial charge < -0.3 is 9.64 Å². The Balaban J connectivity index is 1.47. The molecule has 142 valence electrons. The summed E-state index contributed by atoms with van der Waals surface area (Å²) in [4.78, 5) is 38.1. The first-order valence-corrected chi connectivity index (χ1v) is 9.42. The Labute approximate surface area is 161 Å². The van der Waals surface area contributed by atoms with E-state index >= 15 is 0 Å². The highest BCUT2D eigenvalue weighted by molar-refractivity contribution is 6.39. The topological polar surface area (TPSA) is 88.1 Å². The number of fused-ring (bicyclic) bond motifs is 1. The Kier molecular flexibility index (Phi) is 4.42. The van der Waals surface area contributed by atoms with Crippen LogP contribution in [0.4, 0.5) is 0 Å². The van der Waals surface area contributed by atoms with E-state index < -0.39 is 5.60 Å². The Morgan fingerprint density at radius 1 is 1.26 bits per heavy atom. The lowest BCUT2D eigenvalue weighted by Crippen LogP contribution is -2.53. The second kappa shape index (κ2) is 6.64. The average molecular weight is 390 g/mol. The third-order valence-corrected chi connectivity index (χ3v) is 5.89. The number of nitrogens with one attached hydrogen (secondary N) is 1. The highest BCUT2D eigenvalue weighted by atomic mass is 35.5. The molecule has 0 bridgehead atoms. The van der Waals surface area contributed by atoms with Crippen LogP contribution in [0.5, 0.6) is 5.75 Å². The van der Waals surface area contributed by atoms with Crippen molar-refractivity contribution >= 4 is 34.9 Å². The van der Waals surface area contributed by atoms with Gasteiger partial charge in [-0.05, 0) is 24.6 Å². The molecule has 1 N–H and O–H groups in total. The first-order valence-electron chi connectivity index (χ1n) is 9.04. The molecular formula is C19H20ClN3O4. The van der Waals surface area contributed by atoms with Crippen molar-refractivity contribution in [3.63, 3.8) is 0 Å². The number of carbonyl (C=O) groups excluding carboxylic acids is 3. The number of Topliss-reactive ketones (excluding diaryl/α,β-unsaturated/α-hetero) is 1. The molecule has 1 aromatic rings. The number of piperidine rings is 1. The number of benzene rings is 1. The Morgan fingerprint density at radius 2 is 2.00 bits per heavy atom.